The number of nitrogens with one attached hydrogen (secondary N) is 1. The second-order valence-electron chi connectivity index (χ2n) is 5.04. The Balaban J connectivity index is 2.20. The van der Waals surface area contributed by atoms with E-state index in [2.05, 4.69) is 26.2 Å². The fraction of sp³-hybridized carbons (Fsp3) is 0.235. The van der Waals surface area contributed by atoms with Gasteiger partial charge in [0.1, 0.15) is 0 Å². The first-order valence-corrected chi connectivity index (χ1v) is 8.06. The van der Waals surface area contributed by atoms with Crippen molar-refractivity contribution in [3.05, 3.63) is 58.3 Å². The molecule has 0 aliphatic heterocycles. The van der Waals surface area contributed by atoms with Gasteiger partial charge in [0.2, 0.25) is 5.91 Å². The molecule has 0 fully saturated rings. The number of para-hydroxylation sites is 1. The van der Waals surface area contributed by atoms with Gasteiger partial charge in [-0.1, -0.05) is 18.2 Å². The summed E-state index contributed by atoms with van der Waals surface area (Å²) in [6, 6.07) is 9.17. The van der Waals surface area contributed by atoms with Crippen LogP contribution in [0.1, 0.15) is 29.8 Å². The third-order valence-corrected chi connectivity index (χ3v) is 3.85. The molecule has 1 aromatic heterocycles. The first-order valence-electron chi connectivity index (χ1n) is 7.26. The fourth-order valence-corrected chi connectivity index (χ4v) is 2.53. The predicted molar refractivity (Wildman–Crippen MR) is 93.1 cm³/mol. The third kappa shape index (κ3) is 4.63. The first-order chi connectivity index (χ1) is 11.0. The Bertz CT molecular complexity index is 718. The van der Waals surface area contributed by atoms with Crippen molar-refractivity contribution >= 4 is 33.4 Å². The van der Waals surface area contributed by atoms with E-state index in [0.29, 0.717) is 24.3 Å². The minimum atomic E-state index is -0.239. The topological polar surface area (TPSA) is 62.3 Å². The average Bonchev–Trinajstić information content (AvgIpc) is 2.53. The van der Waals surface area contributed by atoms with Crippen LogP contribution in [-0.4, -0.2) is 28.2 Å². The Hall–Kier alpha value is -2.21. The van der Waals surface area contributed by atoms with Crippen LogP contribution in [0.3, 0.4) is 0 Å². The van der Waals surface area contributed by atoms with Gasteiger partial charge >= 0.3 is 0 Å². The number of aromatic nitrogens is 1. The van der Waals surface area contributed by atoms with Crippen molar-refractivity contribution in [1.29, 1.82) is 0 Å². The van der Waals surface area contributed by atoms with Crippen LogP contribution < -0.4 is 5.32 Å². The van der Waals surface area contributed by atoms with Crippen LogP contribution in [0.2, 0.25) is 0 Å². The molecule has 120 valence electrons. The maximum absolute atomic E-state index is 12.4. The van der Waals surface area contributed by atoms with E-state index in [1.54, 1.807) is 17.2 Å². The van der Waals surface area contributed by atoms with Gasteiger partial charge in [-0.15, -0.1) is 0 Å². The van der Waals surface area contributed by atoms with Crippen LogP contribution in [0.4, 0.5) is 5.69 Å². The largest absolute Gasteiger partial charge is 0.339 e. The quantitative estimate of drug-likeness (QED) is 0.869. The summed E-state index contributed by atoms with van der Waals surface area (Å²) in [5.41, 5.74) is 2.05. The molecule has 0 spiro atoms. The second kappa shape index (κ2) is 7.87. The minimum Gasteiger partial charge on any atom is -0.339 e. The van der Waals surface area contributed by atoms with Gasteiger partial charge in [0.05, 0.1) is 5.56 Å². The highest BCUT2D eigenvalue weighted by molar-refractivity contribution is 9.10. The summed E-state index contributed by atoms with van der Waals surface area (Å²) < 4.78 is 0.743. The lowest BCUT2D eigenvalue weighted by atomic mass is 10.1. The van der Waals surface area contributed by atoms with Gasteiger partial charge in [-0.2, -0.15) is 0 Å². The Morgan fingerprint density at radius 2 is 2.00 bits per heavy atom. The normalized spacial score (nSPS) is 10.2. The fourth-order valence-electron chi connectivity index (χ4n) is 2.16. The number of amides is 2. The van der Waals surface area contributed by atoms with Crippen LogP contribution >= 0.6 is 15.9 Å². The van der Waals surface area contributed by atoms with E-state index in [4.69, 9.17) is 0 Å². The SMILES string of the molecule is CCN(Cc1ccccc1NC(=O)c1cncc(Br)c1)C(C)=O. The van der Waals surface area contributed by atoms with Crippen molar-refractivity contribution < 1.29 is 9.59 Å². The monoisotopic (exact) mass is 375 g/mol. The minimum absolute atomic E-state index is 0.00446. The zero-order valence-corrected chi connectivity index (χ0v) is 14.6. The van der Waals surface area contributed by atoms with E-state index in [-0.39, 0.29) is 11.8 Å². The maximum Gasteiger partial charge on any atom is 0.257 e. The summed E-state index contributed by atoms with van der Waals surface area (Å²) in [5.74, 6) is -0.234. The average molecular weight is 376 g/mol. The molecule has 1 aromatic carbocycles. The zero-order chi connectivity index (χ0) is 16.8. The van der Waals surface area contributed by atoms with Gasteiger partial charge in [-0.25, -0.2) is 0 Å². The lowest BCUT2D eigenvalue weighted by molar-refractivity contribution is -0.129. The summed E-state index contributed by atoms with van der Waals surface area (Å²) in [7, 11) is 0. The molecule has 1 N–H and O–H groups in total. The van der Waals surface area contributed by atoms with Crippen molar-refractivity contribution in [1.82, 2.24) is 9.88 Å². The van der Waals surface area contributed by atoms with E-state index in [1.165, 1.54) is 13.1 Å². The lowest BCUT2D eigenvalue weighted by Gasteiger charge is -2.21. The smallest absolute Gasteiger partial charge is 0.257 e. The Labute approximate surface area is 143 Å². The van der Waals surface area contributed by atoms with Gasteiger partial charge in [0.15, 0.2) is 0 Å². The number of rotatable bonds is 5. The highest BCUT2D eigenvalue weighted by atomic mass is 79.9. The number of benzene rings is 1. The predicted octanol–water partition coefficient (Wildman–Crippen LogP) is 3.46. The van der Waals surface area contributed by atoms with Crippen molar-refractivity contribution in [3.63, 3.8) is 0 Å². The molecule has 0 bridgehead atoms. The third-order valence-electron chi connectivity index (χ3n) is 3.42. The number of carbonyl (C=O) groups excluding carboxylic acids is 2. The van der Waals surface area contributed by atoms with Crippen LogP contribution in [0, 0.1) is 0 Å². The molecule has 5 nitrogen and oxygen atoms in total. The summed E-state index contributed by atoms with van der Waals surface area (Å²) in [6.07, 6.45) is 3.13. The number of nitrogens with zero attached hydrogens (tertiary/aromatic N) is 2. The van der Waals surface area contributed by atoms with Crippen LogP contribution in [0.5, 0.6) is 0 Å². The molecule has 2 aromatic rings. The summed E-state index contributed by atoms with van der Waals surface area (Å²) in [4.78, 5) is 29.7. The summed E-state index contributed by atoms with van der Waals surface area (Å²) >= 11 is 3.30. The Morgan fingerprint density at radius 1 is 1.26 bits per heavy atom. The molecule has 0 unspecified atom stereocenters. The van der Waals surface area contributed by atoms with Crippen molar-refractivity contribution in [2.24, 2.45) is 0 Å². The van der Waals surface area contributed by atoms with E-state index in [1.807, 2.05) is 31.2 Å². The van der Waals surface area contributed by atoms with Gasteiger partial charge in [-0.05, 0) is 40.5 Å². The van der Waals surface area contributed by atoms with Crippen LogP contribution in [0.15, 0.2) is 47.2 Å². The van der Waals surface area contributed by atoms with Crippen molar-refractivity contribution in [3.8, 4) is 0 Å². The molecule has 0 aliphatic rings. The first kappa shape index (κ1) is 17.1. The number of carbonyl (C=O) groups is 2. The number of anilines is 1. The second-order valence-corrected chi connectivity index (χ2v) is 5.95. The maximum atomic E-state index is 12.4. The molecule has 0 saturated carbocycles. The Kier molecular flexibility index (Phi) is 5.87. The summed E-state index contributed by atoms with van der Waals surface area (Å²) in [6.45, 7) is 4.54. The zero-order valence-electron chi connectivity index (χ0n) is 13.0. The van der Waals surface area contributed by atoms with Crippen LogP contribution in [-0.2, 0) is 11.3 Å². The van der Waals surface area contributed by atoms with Gasteiger partial charge in [0.25, 0.3) is 5.91 Å². The molecule has 2 amide bonds. The molecule has 1 heterocycles. The highest BCUT2D eigenvalue weighted by Gasteiger charge is 2.13. The molecule has 2 rings (SSSR count). The highest BCUT2D eigenvalue weighted by Crippen LogP contribution is 2.19. The van der Waals surface area contributed by atoms with Crippen molar-refractivity contribution in [2.45, 2.75) is 20.4 Å². The molecule has 0 atom stereocenters. The summed E-state index contributed by atoms with van der Waals surface area (Å²) in [5, 5.41) is 2.88. The van der Waals surface area contributed by atoms with E-state index in [9.17, 15) is 9.59 Å². The molecule has 0 saturated heterocycles. The molecule has 0 aliphatic carbocycles. The molecular weight excluding hydrogens is 358 g/mol. The van der Waals surface area contributed by atoms with E-state index < -0.39 is 0 Å². The van der Waals surface area contributed by atoms with Crippen LogP contribution in [0.25, 0.3) is 0 Å². The van der Waals surface area contributed by atoms with E-state index >= 15 is 0 Å². The number of pyridine rings is 1. The molecule has 0 radical (unpaired) electrons. The van der Waals surface area contributed by atoms with E-state index in [0.717, 1.165) is 10.0 Å². The lowest BCUT2D eigenvalue weighted by Crippen LogP contribution is -2.28. The Morgan fingerprint density at radius 3 is 2.65 bits per heavy atom. The molecular formula is C17H18BrN3O2. The van der Waals surface area contributed by atoms with Crippen molar-refractivity contribution in [2.75, 3.05) is 11.9 Å². The number of hydrogen-bond acceptors (Lipinski definition) is 3. The molecule has 6 heteroatoms. The number of halogens is 1. The van der Waals surface area contributed by atoms with Gasteiger partial charge in [-0.3, -0.25) is 14.6 Å². The van der Waals surface area contributed by atoms with Gasteiger partial charge in [0, 0.05) is 42.6 Å². The van der Waals surface area contributed by atoms with Gasteiger partial charge < -0.3 is 10.2 Å². The number of hydrogen-bond donors (Lipinski definition) is 1. The molecule has 23 heavy (non-hydrogen) atoms. The standard InChI is InChI=1S/C17H18BrN3O2/c1-3-21(12(2)22)11-13-6-4-5-7-16(13)20-17(23)14-8-15(18)10-19-9-14/h4-10H,3,11H2,1-2H3,(H,20,23).